The van der Waals surface area contributed by atoms with E-state index >= 15 is 0 Å². The third-order valence-corrected chi connectivity index (χ3v) is 4.21. The van der Waals surface area contributed by atoms with Crippen LogP contribution in [0.5, 0.6) is 0 Å². The zero-order valence-corrected chi connectivity index (χ0v) is 10.5. The second-order valence-electron chi connectivity index (χ2n) is 5.33. The normalized spacial score (nSPS) is 32.2. The van der Waals surface area contributed by atoms with Gasteiger partial charge in [0.05, 0.1) is 6.10 Å². The van der Waals surface area contributed by atoms with Gasteiger partial charge in [0.1, 0.15) is 0 Å². The highest BCUT2D eigenvalue weighted by Crippen LogP contribution is 2.42. The van der Waals surface area contributed by atoms with E-state index in [1.807, 2.05) is 0 Å². The summed E-state index contributed by atoms with van der Waals surface area (Å²) in [6.07, 6.45) is 1.83. The first-order valence-electron chi connectivity index (χ1n) is 6.74. The monoisotopic (exact) mass is 231 g/mol. The molecule has 3 rings (SSSR count). The van der Waals surface area contributed by atoms with Crippen LogP contribution in [0.2, 0.25) is 0 Å². The number of hydrogen-bond acceptors (Lipinski definition) is 2. The van der Waals surface area contributed by atoms with Crippen LogP contribution in [0.1, 0.15) is 18.9 Å². The summed E-state index contributed by atoms with van der Waals surface area (Å²) in [6, 6.07) is 10.8. The van der Waals surface area contributed by atoms with E-state index in [4.69, 9.17) is 4.74 Å². The van der Waals surface area contributed by atoms with Crippen LogP contribution in [0.25, 0.3) is 0 Å². The number of rotatable bonds is 4. The van der Waals surface area contributed by atoms with Gasteiger partial charge in [0.25, 0.3) is 0 Å². The molecule has 3 atom stereocenters. The third-order valence-electron chi connectivity index (χ3n) is 4.21. The Balaban J connectivity index is 1.55. The van der Waals surface area contributed by atoms with Crippen molar-refractivity contribution in [3.8, 4) is 0 Å². The zero-order chi connectivity index (χ0) is 11.7. The van der Waals surface area contributed by atoms with Gasteiger partial charge in [0.2, 0.25) is 0 Å². The van der Waals surface area contributed by atoms with Crippen molar-refractivity contribution in [2.75, 3.05) is 19.7 Å². The van der Waals surface area contributed by atoms with Crippen LogP contribution in [0.15, 0.2) is 30.3 Å². The van der Waals surface area contributed by atoms with Crippen molar-refractivity contribution < 1.29 is 4.74 Å². The van der Waals surface area contributed by atoms with Crippen molar-refractivity contribution in [3.63, 3.8) is 0 Å². The van der Waals surface area contributed by atoms with E-state index in [0.717, 1.165) is 25.0 Å². The molecule has 17 heavy (non-hydrogen) atoms. The van der Waals surface area contributed by atoms with Crippen molar-refractivity contribution in [2.24, 2.45) is 11.8 Å². The Morgan fingerprint density at radius 1 is 1.24 bits per heavy atom. The average molecular weight is 231 g/mol. The van der Waals surface area contributed by atoms with Gasteiger partial charge in [-0.3, -0.25) is 4.90 Å². The van der Waals surface area contributed by atoms with Gasteiger partial charge in [-0.1, -0.05) is 30.3 Å². The second kappa shape index (κ2) is 4.79. The molecule has 92 valence electrons. The summed E-state index contributed by atoms with van der Waals surface area (Å²) < 4.78 is 5.76. The SMILES string of the molecule is CCOC1CC2CN(Cc3ccccc3)CC21. The van der Waals surface area contributed by atoms with E-state index in [-0.39, 0.29) is 0 Å². The fourth-order valence-corrected chi connectivity index (χ4v) is 3.31. The molecule has 1 aliphatic heterocycles. The molecule has 0 radical (unpaired) electrons. The minimum atomic E-state index is 0.547. The topological polar surface area (TPSA) is 12.5 Å². The van der Waals surface area contributed by atoms with Gasteiger partial charge in [0.15, 0.2) is 0 Å². The molecule has 0 bridgehead atoms. The lowest BCUT2D eigenvalue weighted by atomic mass is 9.73. The highest BCUT2D eigenvalue weighted by molar-refractivity contribution is 5.15. The maximum absolute atomic E-state index is 5.76. The Morgan fingerprint density at radius 3 is 2.82 bits per heavy atom. The molecule has 2 nitrogen and oxygen atoms in total. The molecule has 0 aromatic heterocycles. The molecule has 1 saturated carbocycles. The van der Waals surface area contributed by atoms with Crippen LogP contribution < -0.4 is 0 Å². The summed E-state index contributed by atoms with van der Waals surface area (Å²) in [6.45, 7) is 6.57. The van der Waals surface area contributed by atoms with E-state index in [2.05, 4.69) is 42.2 Å². The van der Waals surface area contributed by atoms with E-state index in [9.17, 15) is 0 Å². The van der Waals surface area contributed by atoms with Crippen LogP contribution in [0.3, 0.4) is 0 Å². The Bertz CT molecular complexity index is 364. The van der Waals surface area contributed by atoms with Gasteiger partial charge < -0.3 is 4.74 Å². The first-order valence-corrected chi connectivity index (χ1v) is 6.74. The number of ether oxygens (including phenoxy) is 1. The van der Waals surface area contributed by atoms with E-state index in [1.54, 1.807) is 0 Å². The predicted octanol–water partition coefficient (Wildman–Crippen LogP) is 2.54. The number of fused-ring (bicyclic) bond motifs is 1. The minimum Gasteiger partial charge on any atom is -0.378 e. The lowest BCUT2D eigenvalue weighted by Crippen LogP contribution is -2.42. The lowest BCUT2D eigenvalue weighted by molar-refractivity contribution is -0.0610. The van der Waals surface area contributed by atoms with Gasteiger partial charge in [-0.25, -0.2) is 0 Å². The molecule has 1 saturated heterocycles. The van der Waals surface area contributed by atoms with Gasteiger partial charge in [-0.2, -0.15) is 0 Å². The quantitative estimate of drug-likeness (QED) is 0.789. The van der Waals surface area contributed by atoms with Gasteiger partial charge in [0, 0.05) is 32.2 Å². The average Bonchev–Trinajstić information content (AvgIpc) is 2.65. The number of hydrogen-bond donors (Lipinski definition) is 0. The third kappa shape index (κ3) is 2.24. The van der Waals surface area contributed by atoms with Crippen LogP contribution in [0.4, 0.5) is 0 Å². The lowest BCUT2D eigenvalue weighted by Gasteiger charge is -2.38. The van der Waals surface area contributed by atoms with Crippen LogP contribution in [-0.2, 0) is 11.3 Å². The highest BCUT2D eigenvalue weighted by atomic mass is 16.5. The smallest absolute Gasteiger partial charge is 0.0621 e. The van der Waals surface area contributed by atoms with Gasteiger partial charge in [-0.05, 0) is 24.8 Å². The molecule has 2 heteroatoms. The first-order chi connectivity index (χ1) is 8.36. The van der Waals surface area contributed by atoms with Crippen LogP contribution in [-0.4, -0.2) is 30.7 Å². The molecular formula is C15H21NO. The molecule has 0 amide bonds. The summed E-state index contributed by atoms with van der Waals surface area (Å²) in [7, 11) is 0. The van der Waals surface area contributed by atoms with Crippen molar-refractivity contribution in [1.82, 2.24) is 4.90 Å². The van der Waals surface area contributed by atoms with Crippen molar-refractivity contribution in [1.29, 1.82) is 0 Å². The van der Waals surface area contributed by atoms with E-state index < -0.39 is 0 Å². The van der Waals surface area contributed by atoms with Crippen molar-refractivity contribution in [2.45, 2.75) is 26.0 Å². The maximum Gasteiger partial charge on any atom is 0.0621 e. The Kier molecular flexibility index (Phi) is 3.17. The molecule has 1 aromatic rings. The predicted molar refractivity (Wildman–Crippen MR) is 68.7 cm³/mol. The molecule has 2 fully saturated rings. The molecule has 1 heterocycles. The maximum atomic E-state index is 5.76. The van der Waals surface area contributed by atoms with Gasteiger partial charge in [-0.15, -0.1) is 0 Å². The summed E-state index contributed by atoms with van der Waals surface area (Å²) >= 11 is 0. The Morgan fingerprint density at radius 2 is 2.06 bits per heavy atom. The molecule has 3 unspecified atom stereocenters. The molecule has 1 aliphatic carbocycles. The largest absolute Gasteiger partial charge is 0.378 e. The van der Waals surface area contributed by atoms with Crippen LogP contribution >= 0.6 is 0 Å². The van der Waals surface area contributed by atoms with E-state index in [0.29, 0.717) is 6.10 Å². The number of likely N-dealkylation sites (tertiary alicyclic amines) is 1. The molecule has 1 aromatic carbocycles. The fraction of sp³-hybridized carbons (Fsp3) is 0.600. The Hall–Kier alpha value is -0.860. The molecule has 0 spiro atoms. The summed E-state index contributed by atoms with van der Waals surface area (Å²) in [4.78, 5) is 2.59. The molecular weight excluding hydrogens is 210 g/mol. The Labute approximate surface area is 104 Å². The standard InChI is InChI=1S/C15H21NO/c1-2-17-15-8-13-10-16(11-14(13)15)9-12-6-4-3-5-7-12/h3-7,13-15H,2,8-11H2,1H3. The summed E-state index contributed by atoms with van der Waals surface area (Å²) in [5.41, 5.74) is 1.43. The molecule has 2 aliphatic rings. The van der Waals surface area contributed by atoms with Gasteiger partial charge >= 0.3 is 0 Å². The number of benzene rings is 1. The van der Waals surface area contributed by atoms with Crippen molar-refractivity contribution >= 4 is 0 Å². The van der Waals surface area contributed by atoms with E-state index in [1.165, 1.54) is 25.1 Å². The number of nitrogens with zero attached hydrogens (tertiary/aromatic N) is 1. The molecule has 0 N–H and O–H groups in total. The first kappa shape index (κ1) is 11.2. The zero-order valence-electron chi connectivity index (χ0n) is 10.5. The van der Waals surface area contributed by atoms with Crippen molar-refractivity contribution in [3.05, 3.63) is 35.9 Å². The highest BCUT2D eigenvalue weighted by Gasteiger charge is 2.47. The second-order valence-corrected chi connectivity index (χ2v) is 5.33. The summed E-state index contributed by atoms with van der Waals surface area (Å²) in [5, 5.41) is 0. The minimum absolute atomic E-state index is 0.547. The van der Waals surface area contributed by atoms with Crippen LogP contribution in [0, 0.1) is 11.8 Å². The summed E-state index contributed by atoms with van der Waals surface area (Å²) in [5.74, 6) is 1.70. The fourth-order valence-electron chi connectivity index (χ4n) is 3.31.